The van der Waals surface area contributed by atoms with Gasteiger partial charge in [-0.15, -0.1) is 0 Å². The first-order valence-electron chi connectivity index (χ1n) is 7.51. The zero-order chi connectivity index (χ0) is 12.9. The van der Waals surface area contributed by atoms with Crippen LogP contribution in [-0.4, -0.2) is 43.7 Å². The first kappa shape index (κ1) is 16.9. The molecule has 1 saturated heterocycles. The molecule has 0 amide bonds. The average molecular weight is 247 g/mol. The molecule has 3 nitrogen and oxygen atoms in total. The van der Waals surface area contributed by atoms with Gasteiger partial charge in [0, 0.05) is 8.90 Å². The molecular weight excluding hydrogens is 210 g/mol. The van der Waals surface area contributed by atoms with Crippen LogP contribution in [0.4, 0.5) is 0 Å². The van der Waals surface area contributed by atoms with Gasteiger partial charge in [0.2, 0.25) is 0 Å². The number of likely N-dealkylation sites (tertiary alicyclic amines) is 1. The average Bonchev–Trinajstić information content (AvgIpc) is 2.38. The third kappa shape index (κ3) is 9.57. The van der Waals surface area contributed by atoms with E-state index in [1.807, 2.05) is 13.8 Å². The van der Waals surface area contributed by atoms with E-state index in [1.54, 1.807) is 0 Å². The van der Waals surface area contributed by atoms with Gasteiger partial charge in [-0.25, -0.2) is 0 Å². The van der Waals surface area contributed by atoms with Crippen molar-refractivity contribution in [3.8, 4) is 0 Å². The summed E-state index contributed by atoms with van der Waals surface area (Å²) in [5, 5.41) is 3.48. The Kier molecular flexibility index (Phi) is 12.3. The molecule has 0 unspecified atom stereocenters. The van der Waals surface area contributed by atoms with Crippen LogP contribution in [0, 0.1) is 0 Å². The second-order valence-electron chi connectivity index (χ2n) is 4.64. The van der Waals surface area contributed by atoms with Gasteiger partial charge < -0.3 is 16.0 Å². The first-order chi connectivity index (χ1) is 8.33. The van der Waals surface area contributed by atoms with Gasteiger partial charge in [-0.3, -0.25) is 0 Å². The normalized spacial score (nSPS) is 17.6. The van der Waals surface area contributed by atoms with Crippen molar-refractivity contribution in [1.29, 1.82) is 0 Å². The third-order valence-electron chi connectivity index (χ3n) is 3.17. The molecule has 3 heteroatoms. The second-order valence-corrected chi connectivity index (χ2v) is 4.64. The van der Waals surface area contributed by atoms with Crippen LogP contribution >= 0.6 is 0 Å². The minimum absolute atomic E-state index is 0. The number of nitrogens with two attached hydrogens (primary N) is 1. The second kappa shape index (κ2) is 12.3. The summed E-state index contributed by atoms with van der Waals surface area (Å²) in [6, 6.07) is 0.462. The van der Waals surface area contributed by atoms with Gasteiger partial charge in [0.05, 0.1) is 0 Å². The molecule has 1 aliphatic heterocycles. The number of piperidine rings is 1. The molecule has 1 aliphatic rings. The minimum atomic E-state index is 0. The SMILES string of the molecule is CC.CCCCNCCCN1CCC(N)CC1.[HH].[HH]. The highest BCUT2D eigenvalue weighted by Gasteiger charge is 2.14. The lowest BCUT2D eigenvalue weighted by molar-refractivity contribution is 0.210. The summed E-state index contributed by atoms with van der Waals surface area (Å²) in [7, 11) is 0. The number of rotatable bonds is 7. The van der Waals surface area contributed by atoms with Gasteiger partial charge in [-0.05, 0) is 58.4 Å². The molecule has 0 aromatic carbocycles. The van der Waals surface area contributed by atoms with Gasteiger partial charge in [-0.1, -0.05) is 27.2 Å². The van der Waals surface area contributed by atoms with E-state index in [0.717, 1.165) is 0 Å². The predicted octanol–water partition coefficient (Wildman–Crippen LogP) is 2.71. The Morgan fingerprint density at radius 1 is 1.18 bits per heavy atom. The highest BCUT2D eigenvalue weighted by Crippen LogP contribution is 2.07. The summed E-state index contributed by atoms with van der Waals surface area (Å²) >= 11 is 0. The van der Waals surface area contributed by atoms with Crippen molar-refractivity contribution in [1.82, 2.24) is 10.2 Å². The van der Waals surface area contributed by atoms with Crippen molar-refractivity contribution < 1.29 is 2.85 Å². The van der Waals surface area contributed by atoms with Crippen molar-refractivity contribution in [2.45, 2.75) is 58.9 Å². The summed E-state index contributed by atoms with van der Waals surface area (Å²) in [5.41, 5.74) is 5.87. The molecule has 0 spiro atoms. The third-order valence-corrected chi connectivity index (χ3v) is 3.17. The number of hydrogen-bond acceptors (Lipinski definition) is 3. The van der Waals surface area contributed by atoms with E-state index in [2.05, 4.69) is 17.1 Å². The van der Waals surface area contributed by atoms with Gasteiger partial charge in [-0.2, -0.15) is 0 Å². The number of hydrogen-bond donors (Lipinski definition) is 2. The molecule has 1 fully saturated rings. The molecule has 1 rings (SSSR count). The molecular formula is C14H37N3. The monoisotopic (exact) mass is 247 g/mol. The Morgan fingerprint density at radius 3 is 2.35 bits per heavy atom. The number of nitrogens with zero attached hydrogens (tertiary/aromatic N) is 1. The Balaban J connectivity index is -0.000000609. The topological polar surface area (TPSA) is 41.3 Å². The van der Waals surface area contributed by atoms with Crippen molar-refractivity contribution in [3.63, 3.8) is 0 Å². The fourth-order valence-corrected chi connectivity index (χ4v) is 2.03. The molecule has 1 heterocycles. The molecule has 0 aliphatic carbocycles. The Labute approximate surface area is 111 Å². The van der Waals surface area contributed by atoms with Crippen LogP contribution in [0.1, 0.15) is 55.7 Å². The smallest absolute Gasteiger partial charge is 0.00631 e. The fourth-order valence-electron chi connectivity index (χ4n) is 2.03. The van der Waals surface area contributed by atoms with Crippen LogP contribution in [0.2, 0.25) is 0 Å². The highest BCUT2D eigenvalue weighted by molar-refractivity contribution is 4.73. The standard InChI is InChI=1S/C12H27N3.C2H6.2H2/c1-2-3-7-14-8-4-9-15-10-5-12(13)6-11-15;1-2;;/h12,14H,2-11,13H2,1H3;1-2H3;2*1H. The molecule has 108 valence electrons. The van der Waals surface area contributed by atoms with Crippen LogP contribution in [0.5, 0.6) is 0 Å². The van der Waals surface area contributed by atoms with Crippen molar-refractivity contribution >= 4 is 0 Å². The molecule has 17 heavy (non-hydrogen) atoms. The molecule has 0 radical (unpaired) electrons. The summed E-state index contributed by atoms with van der Waals surface area (Å²) in [6.07, 6.45) is 6.24. The predicted molar refractivity (Wildman–Crippen MR) is 81.6 cm³/mol. The maximum absolute atomic E-state index is 5.87. The van der Waals surface area contributed by atoms with Crippen molar-refractivity contribution in [2.24, 2.45) is 5.73 Å². The molecule has 0 atom stereocenters. The quantitative estimate of drug-likeness (QED) is 0.680. The van der Waals surface area contributed by atoms with E-state index in [-0.39, 0.29) is 2.85 Å². The summed E-state index contributed by atoms with van der Waals surface area (Å²) in [6.45, 7) is 12.2. The molecule has 0 bridgehead atoms. The van der Waals surface area contributed by atoms with Crippen molar-refractivity contribution in [3.05, 3.63) is 0 Å². The van der Waals surface area contributed by atoms with E-state index in [9.17, 15) is 0 Å². The summed E-state index contributed by atoms with van der Waals surface area (Å²) < 4.78 is 0. The van der Waals surface area contributed by atoms with Crippen LogP contribution < -0.4 is 11.1 Å². The Bertz CT molecular complexity index is 152. The number of nitrogens with one attached hydrogen (secondary N) is 1. The maximum atomic E-state index is 5.87. The molecule has 0 saturated carbocycles. The fraction of sp³-hybridized carbons (Fsp3) is 1.00. The Morgan fingerprint density at radius 2 is 1.76 bits per heavy atom. The first-order valence-corrected chi connectivity index (χ1v) is 7.51. The van der Waals surface area contributed by atoms with Gasteiger partial charge in [0.15, 0.2) is 0 Å². The van der Waals surface area contributed by atoms with E-state index >= 15 is 0 Å². The lowest BCUT2D eigenvalue weighted by Gasteiger charge is -2.29. The zero-order valence-electron chi connectivity index (χ0n) is 12.2. The summed E-state index contributed by atoms with van der Waals surface area (Å²) in [4.78, 5) is 2.55. The van der Waals surface area contributed by atoms with E-state index in [1.165, 1.54) is 64.8 Å². The van der Waals surface area contributed by atoms with Crippen LogP contribution in [0.15, 0.2) is 0 Å². The lowest BCUT2D eigenvalue weighted by atomic mass is 10.1. The number of unbranched alkanes of at least 4 members (excludes halogenated alkanes) is 1. The van der Waals surface area contributed by atoms with E-state index < -0.39 is 0 Å². The zero-order valence-corrected chi connectivity index (χ0v) is 12.2. The minimum Gasteiger partial charge on any atom is -0.328 e. The molecule has 3 N–H and O–H groups in total. The van der Waals surface area contributed by atoms with Crippen molar-refractivity contribution in [2.75, 3.05) is 32.7 Å². The lowest BCUT2D eigenvalue weighted by Crippen LogP contribution is -2.40. The van der Waals surface area contributed by atoms with Crippen LogP contribution in [0.3, 0.4) is 0 Å². The summed E-state index contributed by atoms with van der Waals surface area (Å²) in [5.74, 6) is 0. The van der Waals surface area contributed by atoms with Gasteiger partial charge >= 0.3 is 0 Å². The largest absolute Gasteiger partial charge is 0.328 e. The van der Waals surface area contributed by atoms with Gasteiger partial charge in [0.25, 0.3) is 0 Å². The van der Waals surface area contributed by atoms with Crippen LogP contribution in [0.25, 0.3) is 0 Å². The molecule has 0 aromatic heterocycles. The van der Waals surface area contributed by atoms with Crippen LogP contribution in [-0.2, 0) is 0 Å². The maximum Gasteiger partial charge on any atom is 0.00631 e. The molecule has 0 aromatic rings. The Hall–Kier alpha value is -0.120. The highest BCUT2D eigenvalue weighted by atomic mass is 15.1. The van der Waals surface area contributed by atoms with Gasteiger partial charge in [0.1, 0.15) is 0 Å². The van der Waals surface area contributed by atoms with E-state index in [4.69, 9.17) is 5.73 Å². The van der Waals surface area contributed by atoms with E-state index in [0.29, 0.717) is 6.04 Å².